The molecule has 0 fully saturated rings. The van der Waals surface area contributed by atoms with Crippen LogP contribution in [0, 0.1) is 0 Å². The molecule has 6 nitrogen and oxygen atoms in total. The molecule has 0 aliphatic heterocycles. The molecule has 23 heavy (non-hydrogen) atoms. The molecule has 1 aromatic carbocycles. The Morgan fingerprint density at radius 2 is 1.78 bits per heavy atom. The zero-order chi connectivity index (χ0) is 16.2. The van der Waals surface area contributed by atoms with Crippen LogP contribution in [-0.2, 0) is 0 Å². The lowest BCUT2D eigenvalue weighted by atomic mass is 10.0. The quantitative estimate of drug-likeness (QED) is 0.704. The number of hydrogen-bond donors (Lipinski definition) is 2. The minimum absolute atomic E-state index is 0.219. The standard InChI is InChI=1S/C17H17N5O/c1-11(2)12-6-8-13(9-7-12)19-21-16-15(20-22-17(16)23)14-5-3-4-10-18-14/h3-11H,1-2H3,(H2,20,22,23). The summed E-state index contributed by atoms with van der Waals surface area (Å²) in [5, 5.41) is 13.6. The molecule has 2 heterocycles. The minimum atomic E-state index is -0.326. The molecular weight excluding hydrogens is 290 g/mol. The van der Waals surface area contributed by atoms with Gasteiger partial charge in [-0.3, -0.25) is 20.0 Å². The number of H-pyrrole nitrogens is 2. The molecule has 2 aromatic heterocycles. The SMILES string of the molecule is CC(C)c1ccc(N=Nc2c(-c3ccccn3)[nH][nH]c2=O)cc1. The van der Waals surface area contributed by atoms with Gasteiger partial charge in [0.1, 0.15) is 5.69 Å². The molecule has 3 rings (SSSR count). The van der Waals surface area contributed by atoms with Crippen molar-refractivity contribution in [1.29, 1.82) is 0 Å². The molecule has 0 bridgehead atoms. The van der Waals surface area contributed by atoms with Crippen LogP contribution in [0.2, 0.25) is 0 Å². The highest BCUT2D eigenvalue weighted by Crippen LogP contribution is 2.25. The molecule has 0 saturated carbocycles. The van der Waals surface area contributed by atoms with Gasteiger partial charge in [-0.05, 0) is 35.7 Å². The van der Waals surface area contributed by atoms with E-state index in [-0.39, 0.29) is 11.2 Å². The van der Waals surface area contributed by atoms with Crippen molar-refractivity contribution >= 4 is 11.4 Å². The van der Waals surface area contributed by atoms with E-state index in [9.17, 15) is 4.79 Å². The van der Waals surface area contributed by atoms with Gasteiger partial charge in [0, 0.05) is 6.20 Å². The number of rotatable bonds is 4. The van der Waals surface area contributed by atoms with E-state index in [0.717, 1.165) is 0 Å². The number of nitrogens with one attached hydrogen (secondary N) is 2. The number of aromatic nitrogens is 3. The largest absolute Gasteiger partial charge is 0.294 e. The molecule has 116 valence electrons. The molecule has 0 unspecified atom stereocenters. The highest BCUT2D eigenvalue weighted by atomic mass is 16.1. The maximum atomic E-state index is 11.9. The summed E-state index contributed by atoms with van der Waals surface area (Å²) >= 11 is 0. The number of hydrogen-bond acceptors (Lipinski definition) is 4. The van der Waals surface area contributed by atoms with Crippen LogP contribution in [0.3, 0.4) is 0 Å². The van der Waals surface area contributed by atoms with E-state index in [1.54, 1.807) is 12.3 Å². The van der Waals surface area contributed by atoms with E-state index < -0.39 is 0 Å². The lowest BCUT2D eigenvalue weighted by molar-refractivity contribution is 0.866. The summed E-state index contributed by atoms with van der Waals surface area (Å²) in [5.41, 5.74) is 2.98. The first-order valence-corrected chi connectivity index (χ1v) is 7.39. The molecule has 2 N–H and O–H groups in total. The van der Waals surface area contributed by atoms with Crippen LogP contribution in [0.4, 0.5) is 11.4 Å². The van der Waals surface area contributed by atoms with Crippen molar-refractivity contribution in [2.75, 3.05) is 0 Å². The van der Waals surface area contributed by atoms with Crippen molar-refractivity contribution in [3.63, 3.8) is 0 Å². The molecule has 0 atom stereocenters. The predicted molar refractivity (Wildman–Crippen MR) is 89.4 cm³/mol. The number of azo groups is 1. The molecule has 0 aliphatic rings. The fraction of sp³-hybridized carbons (Fsp3) is 0.176. The van der Waals surface area contributed by atoms with Gasteiger partial charge in [-0.15, -0.1) is 5.11 Å². The first-order valence-electron chi connectivity index (χ1n) is 7.39. The van der Waals surface area contributed by atoms with Crippen molar-refractivity contribution in [2.45, 2.75) is 19.8 Å². The third-order valence-corrected chi connectivity index (χ3v) is 3.50. The monoisotopic (exact) mass is 307 g/mol. The van der Waals surface area contributed by atoms with Crippen molar-refractivity contribution < 1.29 is 0 Å². The second-order valence-electron chi connectivity index (χ2n) is 5.46. The second kappa shape index (κ2) is 6.39. The topological polar surface area (TPSA) is 86.3 Å². The van der Waals surface area contributed by atoms with E-state index in [0.29, 0.717) is 23.0 Å². The van der Waals surface area contributed by atoms with Crippen LogP contribution in [0.15, 0.2) is 63.7 Å². The second-order valence-corrected chi connectivity index (χ2v) is 5.46. The Bertz CT molecular complexity index is 860. The van der Waals surface area contributed by atoms with Gasteiger partial charge in [-0.1, -0.05) is 32.0 Å². The third-order valence-electron chi connectivity index (χ3n) is 3.50. The lowest BCUT2D eigenvalue weighted by Crippen LogP contribution is -1.96. The zero-order valence-electron chi connectivity index (χ0n) is 12.9. The lowest BCUT2D eigenvalue weighted by Gasteiger charge is -2.03. The Kier molecular flexibility index (Phi) is 4.14. The highest BCUT2D eigenvalue weighted by Gasteiger charge is 2.12. The van der Waals surface area contributed by atoms with Crippen molar-refractivity contribution in [3.05, 3.63) is 64.6 Å². The first-order chi connectivity index (χ1) is 11.1. The fourth-order valence-corrected chi connectivity index (χ4v) is 2.18. The van der Waals surface area contributed by atoms with Crippen LogP contribution < -0.4 is 5.56 Å². The van der Waals surface area contributed by atoms with Crippen molar-refractivity contribution in [2.24, 2.45) is 10.2 Å². The van der Waals surface area contributed by atoms with Gasteiger partial charge in [0.05, 0.1) is 11.4 Å². The first kappa shape index (κ1) is 14.9. The fourth-order valence-electron chi connectivity index (χ4n) is 2.18. The normalized spacial score (nSPS) is 11.4. The number of nitrogens with zero attached hydrogens (tertiary/aromatic N) is 3. The summed E-state index contributed by atoms with van der Waals surface area (Å²) < 4.78 is 0. The number of benzene rings is 1. The summed E-state index contributed by atoms with van der Waals surface area (Å²) in [7, 11) is 0. The van der Waals surface area contributed by atoms with Gasteiger partial charge < -0.3 is 0 Å². The zero-order valence-corrected chi connectivity index (χ0v) is 12.9. The molecule has 0 saturated heterocycles. The van der Waals surface area contributed by atoms with E-state index in [2.05, 4.69) is 39.3 Å². The van der Waals surface area contributed by atoms with E-state index in [4.69, 9.17) is 0 Å². The predicted octanol–water partition coefficient (Wildman–Crippen LogP) is 4.30. The average Bonchev–Trinajstić information content (AvgIpc) is 2.95. The molecule has 0 aliphatic carbocycles. The summed E-state index contributed by atoms with van der Waals surface area (Å²) in [6, 6.07) is 13.3. The molecule has 0 radical (unpaired) electrons. The maximum Gasteiger partial charge on any atom is 0.292 e. The molecule has 6 heteroatoms. The molecule has 0 amide bonds. The summed E-state index contributed by atoms with van der Waals surface area (Å²) in [5.74, 6) is 0.462. The van der Waals surface area contributed by atoms with E-state index in [1.165, 1.54) is 5.56 Å². The van der Waals surface area contributed by atoms with Crippen LogP contribution >= 0.6 is 0 Å². The van der Waals surface area contributed by atoms with E-state index >= 15 is 0 Å². The average molecular weight is 307 g/mol. The van der Waals surface area contributed by atoms with Crippen LogP contribution in [0.1, 0.15) is 25.3 Å². The minimum Gasteiger partial charge on any atom is -0.294 e. The smallest absolute Gasteiger partial charge is 0.292 e. The third kappa shape index (κ3) is 3.26. The molecular formula is C17H17N5O. The van der Waals surface area contributed by atoms with Gasteiger partial charge in [0.25, 0.3) is 5.56 Å². The van der Waals surface area contributed by atoms with Crippen LogP contribution in [0.5, 0.6) is 0 Å². The Labute approximate surface area is 133 Å². The van der Waals surface area contributed by atoms with Gasteiger partial charge in [-0.25, -0.2) is 0 Å². The van der Waals surface area contributed by atoms with Crippen molar-refractivity contribution in [3.8, 4) is 11.4 Å². The Morgan fingerprint density at radius 3 is 2.43 bits per heavy atom. The summed E-state index contributed by atoms with van der Waals surface area (Å²) in [6.07, 6.45) is 1.66. The van der Waals surface area contributed by atoms with Crippen LogP contribution in [-0.4, -0.2) is 15.2 Å². The Morgan fingerprint density at radius 1 is 1.00 bits per heavy atom. The summed E-state index contributed by atoms with van der Waals surface area (Å²) in [4.78, 5) is 16.1. The summed E-state index contributed by atoms with van der Waals surface area (Å²) in [6.45, 7) is 4.27. The molecule has 3 aromatic rings. The van der Waals surface area contributed by atoms with Gasteiger partial charge in [-0.2, -0.15) is 5.11 Å². The van der Waals surface area contributed by atoms with Crippen molar-refractivity contribution in [1.82, 2.24) is 15.2 Å². The number of pyridine rings is 1. The van der Waals surface area contributed by atoms with Gasteiger partial charge in [0.2, 0.25) is 0 Å². The number of aromatic amines is 2. The van der Waals surface area contributed by atoms with Crippen LogP contribution in [0.25, 0.3) is 11.4 Å². The maximum absolute atomic E-state index is 11.9. The Balaban J connectivity index is 1.91. The highest BCUT2D eigenvalue weighted by molar-refractivity contribution is 5.67. The van der Waals surface area contributed by atoms with Gasteiger partial charge >= 0.3 is 0 Å². The Hall–Kier alpha value is -3.02. The van der Waals surface area contributed by atoms with Gasteiger partial charge in [0.15, 0.2) is 5.69 Å². The molecule has 0 spiro atoms. The van der Waals surface area contributed by atoms with E-state index in [1.807, 2.05) is 36.4 Å².